The van der Waals surface area contributed by atoms with Crippen LogP contribution in [0, 0.1) is 5.92 Å². The zero-order chi connectivity index (χ0) is 6.69. The lowest BCUT2D eigenvalue weighted by atomic mass is 10.2. The Morgan fingerprint density at radius 2 is 2.33 bits per heavy atom. The zero-order valence-electron chi connectivity index (χ0n) is 5.67. The highest BCUT2D eigenvalue weighted by molar-refractivity contribution is 5.98. The van der Waals surface area contributed by atoms with E-state index in [1.165, 1.54) is 12.8 Å². The maximum Gasteiger partial charge on any atom is 0.0390 e. The van der Waals surface area contributed by atoms with E-state index in [0.717, 1.165) is 11.6 Å². The van der Waals surface area contributed by atoms with Gasteiger partial charge in [0.25, 0.3) is 0 Å². The van der Waals surface area contributed by atoms with Gasteiger partial charge in [0.1, 0.15) is 0 Å². The van der Waals surface area contributed by atoms with E-state index in [1.54, 1.807) is 6.20 Å². The Bertz CT molecular complexity index is 143. The van der Waals surface area contributed by atoms with Gasteiger partial charge in [-0.3, -0.25) is 4.99 Å². The molecule has 0 aromatic rings. The van der Waals surface area contributed by atoms with Crippen molar-refractivity contribution in [2.45, 2.75) is 12.8 Å². The summed E-state index contributed by atoms with van der Waals surface area (Å²) in [6.07, 6.45) is 6.02. The number of allylic oxidation sites excluding steroid dienone is 1. The molecule has 0 heterocycles. The van der Waals surface area contributed by atoms with Crippen LogP contribution in [0.2, 0.25) is 0 Å². The third-order valence-corrected chi connectivity index (χ3v) is 1.52. The average molecular weight is 124 g/mol. The molecule has 0 aliphatic heterocycles. The lowest BCUT2D eigenvalue weighted by Crippen LogP contribution is -1.96. The van der Waals surface area contributed by atoms with Crippen molar-refractivity contribution in [3.8, 4) is 0 Å². The van der Waals surface area contributed by atoms with Gasteiger partial charge < -0.3 is 5.73 Å². The number of hydrogen-bond acceptors (Lipinski definition) is 2. The van der Waals surface area contributed by atoms with Crippen molar-refractivity contribution in [1.82, 2.24) is 0 Å². The summed E-state index contributed by atoms with van der Waals surface area (Å²) < 4.78 is 0. The Morgan fingerprint density at radius 1 is 1.67 bits per heavy atom. The average Bonchev–Trinajstić information content (AvgIpc) is 2.64. The van der Waals surface area contributed by atoms with Gasteiger partial charge in [0.2, 0.25) is 0 Å². The van der Waals surface area contributed by atoms with Crippen LogP contribution in [0.4, 0.5) is 0 Å². The molecule has 0 bridgehead atoms. The highest BCUT2D eigenvalue weighted by Gasteiger charge is 2.24. The van der Waals surface area contributed by atoms with Crippen LogP contribution in [-0.4, -0.2) is 12.8 Å². The van der Waals surface area contributed by atoms with E-state index in [0.29, 0.717) is 0 Å². The van der Waals surface area contributed by atoms with Crippen LogP contribution in [0.15, 0.2) is 17.3 Å². The molecule has 2 N–H and O–H groups in total. The third kappa shape index (κ3) is 1.56. The van der Waals surface area contributed by atoms with E-state index in [-0.39, 0.29) is 0 Å². The van der Waals surface area contributed by atoms with Crippen LogP contribution >= 0.6 is 0 Å². The van der Waals surface area contributed by atoms with Crippen LogP contribution in [0.25, 0.3) is 0 Å². The SMILES string of the molecule is CN=C(C=CN)C1CC1. The fourth-order valence-corrected chi connectivity index (χ4v) is 0.871. The first-order valence-electron chi connectivity index (χ1n) is 3.23. The lowest BCUT2D eigenvalue weighted by molar-refractivity contribution is 1.18. The number of hydrogen-bond donors (Lipinski definition) is 1. The molecule has 0 amide bonds. The summed E-state index contributed by atoms with van der Waals surface area (Å²) >= 11 is 0. The Balaban J connectivity index is 2.48. The van der Waals surface area contributed by atoms with Gasteiger partial charge in [-0.2, -0.15) is 0 Å². The molecule has 9 heavy (non-hydrogen) atoms. The fourth-order valence-electron chi connectivity index (χ4n) is 0.871. The summed E-state index contributed by atoms with van der Waals surface area (Å²) in [4.78, 5) is 4.09. The molecule has 1 rings (SSSR count). The smallest absolute Gasteiger partial charge is 0.0390 e. The Morgan fingerprint density at radius 3 is 2.67 bits per heavy atom. The first-order valence-corrected chi connectivity index (χ1v) is 3.23. The van der Waals surface area contributed by atoms with Crippen molar-refractivity contribution >= 4 is 5.71 Å². The molecule has 1 aliphatic rings. The second-order valence-electron chi connectivity index (χ2n) is 2.28. The molecule has 0 unspecified atom stereocenters. The van der Waals surface area contributed by atoms with Crippen LogP contribution < -0.4 is 5.73 Å². The predicted octanol–water partition coefficient (Wildman–Crippen LogP) is 0.940. The molecular formula is C7H12N2. The third-order valence-electron chi connectivity index (χ3n) is 1.52. The molecule has 0 aromatic heterocycles. The number of rotatable bonds is 2. The summed E-state index contributed by atoms with van der Waals surface area (Å²) in [5, 5.41) is 0. The number of aliphatic imine (C=N–C) groups is 1. The number of nitrogens with zero attached hydrogens (tertiary/aromatic N) is 1. The van der Waals surface area contributed by atoms with E-state index in [1.807, 2.05) is 13.1 Å². The highest BCUT2D eigenvalue weighted by Crippen LogP contribution is 2.30. The maximum atomic E-state index is 5.21. The molecule has 2 nitrogen and oxygen atoms in total. The quantitative estimate of drug-likeness (QED) is 0.546. The van der Waals surface area contributed by atoms with E-state index in [2.05, 4.69) is 4.99 Å². The summed E-state index contributed by atoms with van der Waals surface area (Å²) in [7, 11) is 1.81. The van der Waals surface area contributed by atoms with Gasteiger partial charge in [0.05, 0.1) is 0 Å². The zero-order valence-corrected chi connectivity index (χ0v) is 5.67. The van der Waals surface area contributed by atoms with Gasteiger partial charge in [-0.25, -0.2) is 0 Å². The standard InChI is InChI=1S/C7H12N2/c1-9-7(4-5-8)6-2-3-6/h4-6H,2-3,8H2,1H3. The van der Waals surface area contributed by atoms with Crippen molar-refractivity contribution in [2.75, 3.05) is 7.05 Å². The molecule has 0 aromatic carbocycles. The molecule has 0 atom stereocenters. The van der Waals surface area contributed by atoms with Crippen molar-refractivity contribution in [3.05, 3.63) is 12.3 Å². The summed E-state index contributed by atoms with van der Waals surface area (Å²) in [5.74, 6) is 0.717. The van der Waals surface area contributed by atoms with Gasteiger partial charge in [0.15, 0.2) is 0 Å². The monoisotopic (exact) mass is 124 g/mol. The molecule has 0 saturated heterocycles. The van der Waals surface area contributed by atoms with Crippen LogP contribution in [0.3, 0.4) is 0 Å². The largest absolute Gasteiger partial charge is 0.405 e. The topological polar surface area (TPSA) is 38.4 Å². The second kappa shape index (κ2) is 2.67. The number of nitrogens with two attached hydrogens (primary N) is 1. The molecule has 1 aliphatic carbocycles. The first kappa shape index (κ1) is 6.33. The molecule has 1 fully saturated rings. The van der Waals surface area contributed by atoms with Crippen LogP contribution in [0.5, 0.6) is 0 Å². The second-order valence-corrected chi connectivity index (χ2v) is 2.28. The lowest BCUT2D eigenvalue weighted by Gasteiger charge is -1.91. The highest BCUT2D eigenvalue weighted by atomic mass is 14.7. The minimum Gasteiger partial charge on any atom is -0.405 e. The summed E-state index contributed by atoms with van der Waals surface area (Å²) in [6.45, 7) is 0. The molecule has 2 heteroatoms. The van der Waals surface area contributed by atoms with Gasteiger partial charge in [-0.15, -0.1) is 0 Å². The van der Waals surface area contributed by atoms with Crippen molar-refractivity contribution in [1.29, 1.82) is 0 Å². The van der Waals surface area contributed by atoms with Gasteiger partial charge in [-0.1, -0.05) is 0 Å². The van der Waals surface area contributed by atoms with Crippen molar-refractivity contribution < 1.29 is 0 Å². The van der Waals surface area contributed by atoms with Gasteiger partial charge in [0, 0.05) is 18.7 Å². The van der Waals surface area contributed by atoms with Gasteiger partial charge >= 0.3 is 0 Å². The minimum absolute atomic E-state index is 0.717. The summed E-state index contributed by atoms with van der Waals surface area (Å²) in [5.41, 5.74) is 6.36. The predicted molar refractivity (Wildman–Crippen MR) is 39.4 cm³/mol. The normalized spacial score (nSPS) is 21.2. The van der Waals surface area contributed by atoms with Crippen molar-refractivity contribution in [3.63, 3.8) is 0 Å². The summed E-state index contributed by atoms with van der Waals surface area (Å²) in [6, 6.07) is 0. The molecule has 50 valence electrons. The fraction of sp³-hybridized carbons (Fsp3) is 0.571. The van der Waals surface area contributed by atoms with E-state index >= 15 is 0 Å². The van der Waals surface area contributed by atoms with Crippen LogP contribution in [-0.2, 0) is 0 Å². The maximum absolute atomic E-state index is 5.21. The Hall–Kier alpha value is -0.790. The van der Waals surface area contributed by atoms with E-state index in [9.17, 15) is 0 Å². The van der Waals surface area contributed by atoms with Crippen molar-refractivity contribution in [2.24, 2.45) is 16.6 Å². The Kier molecular flexibility index (Phi) is 1.88. The minimum atomic E-state index is 0.717. The van der Waals surface area contributed by atoms with E-state index in [4.69, 9.17) is 5.73 Å². The molecule has 0 radical (unpaired) electrons. The van der Waals surface area contributed by atoms with Gasteiger partial charge in [-0.05, 0) is 25.1 Å². The molecular weight excluding hydrogens is 112 g/mol. The Labute approximate surface area is 55.5 Å². The van der Waals surface area contributed by atoms with E-state index < -0.39 is 0 Å². The molecule has 0 spiro atoms. The first-order chi connectivity index (χ1) is 4.38. The molecule has 1 saturated carbocycles. The van der Waals surface area contributed by atoms with Crippen LogP contribution in [0.1, 0.15) is 12.8 Å².